The number of aromatic amines is 1. The van der Waals surface area contributed by atoms with Crippen molar-refractivity contribution in [2.75, 3.05) is 25.1 Å². The van der Waals surface area contributed by atoms with E-state index in [0.29, 0.717) is 36.8 Å². The van der Waals surface area contributed by atoms with E-state index in [0.717, 1.165) is 11.3 Å². The van der Waals surface area contributed by atoms with Gasteiger partial charge in [-0.2, -0.15) is 0 Å². The third-order valence-corrected chi connectivity index (χ3v) is 6.56. The van der Waals surface area contributed by atoms with Gasteiger partial charge >= 0.3 is 5.97 Å². The summed E-state index contributed by atoms with van der Waals surface area (Å²) in [7, 11) is 1.54. The molecule has 1 aliphatic heterocycles. The molecule has 2 aromatic rings. The Morgan fingerprint density at radius 3 is 2.68 bits per heavy atom. The summed E-state index contributed by atoms with van der Waals surface area (Å²) in [5.74, 6) is -1.71. The number of nitrogens with one attached hydrogen (secondary N) is 2. The minimum Gasteiger partial charge on any atom is -0.477 e. The molecule has 0 saturated carbocycles. The van der Waals surface area contributed by atoms with Gasteiger partial charge in [0, 0.05) is 26.6 Å². The number of anilines is 1. The number of carbonyl (C=O) groups is 3. The maximum absolute atomic E-state index is 12.6. The van der Waals surface area contributed by atoms with Crippen LogP contribution in [-0.4, -0.2) is 70.1 Å². The zero-order valence-electron chi connectivity index (χ0n) is 17.4. The second-order valence-corrected chi connectivity index (χ2v) is 8.39. The zero-order valence-corrected chi connectivity index (χ0v) is 19.0. The summed E-state index contributed by atoms with van der Waals surface area (Å²) in [5.41, 5.74) is 0.682. The van der Waals surface area contributed by atoms with Crippen LogP contribution in [0.5, 0.6) is 0 Å². The van der Waals surface area contributed by atoms with Crippen LogP contribution in [0.15, 0.2) is 0 Å². The smallest absolute Gasteiger partial charge is 0.348 e. The molecule has 3 heterocycles. The number of rotatable bonds is 8. The number of nitrogens with zero attached hydrogens (tertiary/aromatic N) is 3. The van der Waals surface area contributed by atoms with E-state index < -0.39 is 5.97 Å². The number of aromatic nitrogens is 3. The van der Waals surface area contributed by atoms with E-state index in [-0.39, 0.29) is 51.8 Å². The number of Topliss-reactive ketones (excluding diaryl/α,β-unsaturated/α-hetero) is 1. The zero-order chi connectivity index (χ0) is 22.7. The normalized spacial score (nSPS) is 18.8. The number of aryl methyl sites for hydroxylation is 1. The third-order valence-electron chi connectivity index (χ3n) is 5.14. The first-order chi connectivity index (χ1) is 14.8. The van der Waals surface area contributed by atoms with Crippen molar-refractivity contribution in [1.29, 1.82) is 0 Å². The Balaban J connectivity index is 1.72. The first-order valence-electron chi connectivity index (χ1n) is 9.89. The molecule has 10 nitrogen and oxygen atoms in total. The molecule has 0 aliphatic carbocycles. The molecule has 0 radical (unpaired) electrons. The fourth-order valence-electron chi connectivity index (χ4n) is 3.41. The molecule has 3 N–H and O–H groups in total. The molecule has 2 aromatic heterocycles. The Kier molecular flexibility index (Phi) is 7.29. The summed E-state index contributed by atoms with van der Waals surface area (Å²) >= 11 is 6.99. The third kappa shape index (κ3) is 4.89. The summed E-state index contributed by atoms with van der Waals surface area (Å²) in [6, 6.07) is -0.279. The molecule has 2 atom stereocenters. The molecule has 0 aromatic carbocycles. The van der Waals surface area contributed by atoms with E-state index in [4.69, 9.17) is 16.3 Å². The Morgan fingerprint density at radius 1 is 1.35 bits per heavy atom. The average Bonchev–Trinajstić information content (AvgIpc) is 3.37. The number of halogens is 1. The number of thiazole rings is 1. The van der Waals surface area contributed by atoms with Crippen LogP contribution in [0.3, 0.4) is 0 Å². The topological polar surface area (TPSA) is 138 Å². The number of hydrogen-bond acceptors (Lipinski definition) is 8. The van der Waals surface area contributed by atoms with Crippen LogP contribution in [0.4, 0.5) is 5.13 Å². The van der Waals surface area contributed by atoms with E-state index in [9.17, 15) is 19.5 Å². The number of H-pyrrole nitrogens is 1. The van der Waals surface area contributed by atoms with Crippen LogP contribution in [0.25, 0.3) is 0 Å². The van der Waals surface area contributed by atoms with Crippen molar-refractivity contribution in [2.45, 2.75) is 45.3 Å². The van der Waals surface area contributed by atoms with E-state index in [2.05, 4.69) is 20.3 Å². The molecule has 1 unspecified atom stereocenters. The molecule has 0 spiro atoms. The van der Waals surface area contributed by atoms with Crippen LogP contribution >= 0.6 is 22.9 Å². The van der Waals surface area contributed by atoms with Crippen LogP contribution in [0, 0.1) is 0 Å². The van der Waals surface area contributed by atoms with E-state index in [1.165, 1.54) is 0 Å². The molecule has 1 saturated heterocycles. The number of hydrogen-bond donors (Lipinski definition) is 3. The van der Waals surface area contributed by atoms with Crippen molar-refractivity contribution >= 4 is 45.7 Å². The number of carbonyl (C=O) groups excluding carboxylic acids is 2. The number of ether oxygens (including phenoxy) is 1. The van der Waals surface area contributed by atoms with Gasteiger partial charge in [0.05, 0.1) is 17.8 Å². The minimum atomic E-state index is -1.17. The number of piperidine rings is 1. The molecular weight excluding hydrogens is 446 g/mol. The number of amides is 1. The molecule has 1 aliphatic rings. The van der Waals surface area contributed by atoms with Gasteiger partial charge in [0.15, 0.2) is 21.9 Å². The molecule has 1 fully saturated rings. The number of methoxy groups -OCH3 is 1. The quantitative estimate of drug-likeness (QED) is 0.501. The van der Waals surface area contributed by atoms with E-state index in [1.54, 1.807) is 14.0 Å². The predicted octanol–water partition coefficient (Wildman–Crippen LogP) is 2.40. The summed E-state index contributed by atoms with van der Waals surface area (Å²) in [5, 5.41) is 13.1. The average molecular weight is 470 g/mol. The van der Waals surface area contributed by atoms with Crippen molar-refractivity contribution in [3.63, 3.8) is 0 Å². The fraction of sp³-hybridized carbons (Fsp3) is 0.526. The molecular formula is C19H24ClN5O5S. The Bertz CT molecular complexity index is 990. The minimum absolute atomic E-state index is 0.0131. The lowest BCUT2D eigenvalue weighted by atomic mass is 10.0. The Labute approximate surface area is 188 Å². The lowest BCUT2D eigenvalue weighted by Crippen LogP contribution is -2.55. The number of carboxylic acids is 1. The first-order valence-corrected chi connectivity index (χ1v) is 11.1. The largest absolute Gasteiger partial charge is 0.477 e. The number of ketones is 1. The maximum Gasteiger partial charge on any atom is 0.348 e. The predicted molar refractivity (Wildman–Crippen MR) is 116 cm³/mol. The first kappa shape index (κ1) is 23.2. The lowest BCUT2D eigenvalue weighted by molar-refractivity contribution is 0.0538. The van der Waals surface area contributed by atoms with Gasteiger partial charge in [-0.05, 0) is 12.8 Å². The molecule has 1 amide bonds. The lowest BCUT2D eigenvalue weighted by Gasteiger charge is -2.37. The van der Waals surface area contributed by atoms with Crippen molar-refractivity contribution in [1.82, 2.24) is 20.3 Å². The highest BCUT2D eigenvalue weighted by molar-refractivity contribution is 7.17. The van der Waals surface area contributed by atoms with Gasteiger partial charge < -0.3 is 25.0 Å². The van der Waals surface area contributed by atoms with Crippen LogP contribution in [-0.2, 0) is 11.2 Å². The Hall–Kier alpha value is -2.50. The standard InChI is InChI=1S/C19H24ClN5O5S/c1-4-9-15(20)24-16(21-9)17(27)22-10-6-7-25(8-12(10)30-3)19-23-13(11(26)5-2)14(31-19)18(28)29/h10,12H,4-8H2,1-3H3,(H,21,24)(H,22,27)(H,28,29)/t10?,12-/m0/s1. The van der Waals surface area contributed by atoms with Crippen molar-refractivity contribution in [3.05, 3.63) is 27.2 Å². The van der Waals surface area contributed by atoms with Gasteiger partial charge in [-0.25, -0.2) is 14.8 Å². The number of imidazole rings is 1. The van der Waals surface area contributed by atoms with E-state index >= 15 is 0 Å². The summed E-state index contributed by atoms with van der Waals surface area (Å²) in [6.07, 6.45) is 0.983. The molecule has 3 rings (SSSR count). The highest BCUT2D eigenvalue weighted by Crippen LogP contribution is 2.30. The van der Waals surface area contributed by atoms with Crippen LogP contribution in [0.2, 0.25) is 5.15 Å². The van der Waals surface area contributed by atoms with Gasteiger partial charge in [-0.15, -0.1) is 0 Å². The monoisotopic (exact) mass is 469 g/mol. The number of carboxylic acid groups (broad SMARTS) is 1. The van der Waals surface area contributed by atoms with Gasteiger partial charge in [-0.1, -0.05) is 36.8 Å². The molecule has 0 bridgehead atoms. The highest BCUT2D eigenvalue weighted by atomic mass is 35.5. The van der Waals surface area contributed by atoms with Crippen molar-refractivity contribution in [2.24, 2.45) is 0 Å². The van der Waals surface area contributed by atoms with Gasteiger partial charge in [0.2, 0.25) is 0 Å². The summed E-state index contributed by atoms with van der Waals surface area (Å²) in [6.45, 7) is 4.46. The second-order valence-electron chi connectivity index (χ2n) is 7.05. The molecule has 31 heavy (non-hydrogen) atoms. The molecule has 12 heteroatoms. The van der Waals surface area contributed by atoms with Crippen molar-refractivity contribution in [3.8, 4) is 0 Å². The van der Waals surface area contributed by atoms with E-state index in [1.807, 2.05) is 11.8 Å². The van der Waals surface area contributed by atoms with Gasteiger partial charge in [0.25, 0.3) is 5.91 Å². The summed E-state index contributed by atoms with van der Waals surface area (Å²) in [4.78, 5) is 49.3. The van der Waals surface area contributed by atoms with Crippen LogP contribution < -0.4 is 10.2 Å². The second kappa shape index (κ2) is 9.75. The van der Waals surface area contributed by atoms with Crippen LogP contribution in [0.1, 0.15) is 63.2 Å². The number of aromatic carboxylic acids is 1. The Morgan fingerprint density at radius 2 is 2.10 bits per heavy atom. The highest BCUT2D eigenvalue weighted by Gasteiger charge is 2.34. The maximum atomic E-state index is 12.6. The van der Waals surface area contributed by atoms with Gasteiger partial charge in [-0.3, -0.25) is 9.59 Å². The van der Waals surface area contributed by atoms with Gasteiger partial charge in [0.1, 0.15) is 10.6 Å². The van der Waals surface area contributed by atoms with Crippen molar-refractivity contribution < 1.29 is 24.2 Å². The summed E-state index contributed by atoms with van der Waals surface area (Å²) < 4.78 is 5.58. The molecule has 168 valence electrons. The SMILES string of the molecule is CCC(=O)c1nc(N2CCC(NC(=O)c3nc(Cl)c(CC)[nH]3)[C@@H](OC)C2)sc1C(=O)O. The fourth-order valence-corrected chi connectivity index (χ4v) is 4.63.